The zero-order chi connectivity index (χ0) is 12.3. The Hall–Kier alpha value is -2.14. The van der Waals surface area contributed by atoms with Gasteiger partial charge in [0.15, 0.2) is 5.82 Å². The third kappa shape index (κ3) is 2.34. The topological polar surface area (TPSA) is 75.0 Å². The van der Waals surface area contributed by atoms with Crippen molar-refractivity contribution in [1.29, 1.82) is 0 Å². The first kappa shape index (κ1) is 11.3. The predicted octanol–water partition coefficient (Wildman–Crippen LogP) is 0.996. The standard InChI is InChI=1S/C12H14N4O/c1-16(11-12(17)15-7-6-14-11)10-4-2-9(8-13)3-5-10/h2-7H,8,13H2,1H3,(H,15,17). The van der Waals surface area contributed by atoms with Crippen LogP contribution < -0.4 is 16.2 Å². The van der Waals surface area contributed by atoms with Crippen LogP contribution in [-0.4, -0.2) is 17.0 Å². The van der Waals surface area contributed by atoms with Crippen molar-refractivity contribution < 1.29 is 0 Å². The van der Waals surface area contributed by atoms with Gasteiger partial charge in [0, 0.05) is 31.7 Å². The summed E-state index contributed by atoms with van der Waals surface area (Å²) in [4.78, 5) is 20.0. The Bertz CT molecular complexity index is 547. The smallest absolute Gasteiger partial charge is 0.291 e. The maximum Gasteiger partial charge on any atom is 0.291 e. The number of nitrogens with one attached hydrogen (secondary N) is 1. The van der Waals surface area contributed by atoms with Crippen molar-refractivity contribution in [2.75, 3.05) is 11.9 Å². The summed E-state index contributed by atoms with van der Waals surface area (Å²) in [5.74, 6) is 0.369. The molecule has 0 aliphatic heterocycles. The summed E-state index contributed by atoms with van der Waals surface area (Å²) in [6.07, 6.45) is 3.07. The number of rotatable bonds is 3. The monoisotopic (exact) mass is 230 g/mol. The Morgan fingerprint density at radius 2 is 2.06 bits per heavy atom. The molecule has 0 aliphatic rings. The van der Waals surface area contributed by atoms with Gasteiger partial charge in [-0.15, -0.1) is 0 Å². The van der Waals surface area contributed by atoms with E-state index in [1.165, 1.54) is 6.20 Å². The van der Waals surface area contributed by atoms with E-state index < -0.39 is 0 Å². The van der Waals surface area contributed by atoms with E-state index in [1.807, 2.05) is 24.3 Å². The zero-order valence-electron chi connectivity index (χ0n) is 9.55. The van der Waals surface area contributed by atoms with Crippen LogP contribution in [-0.2, 0) is 6.54 Å². The highest BCUT2D eigenvalue weighted by atomic mass is 16.1. The lowest BCUT2D eigenvalue weighted by Gasteiger charge is -2.17. The molecule has 0 spiro atoms. The molecule has 2 rings (SSSR count). The lowest BCUT2D eigenvalue weighted by molar-refractivity contribution is 1.04. The van der Waals surface area contributed by atoms with Crippen LogP contribution in [0.4, 0.5) is 11.5 Å². The van der Waals surface area contributed by atoms with Gasteiger partial charge in [0.1, 0.15) is 0 Å². The number of nitrogens with two attached hydrogens (primary N) is 1. The van der Waals surface area contributed by atoms with Gasteiger partial charge < -0.3 is 15.6 Å². The van der Waals surface area contributed by atoms with Gasteiger partial charge in [-0.25, -0.2) is 4.98 Å². The number of benzene rings is 1. The van der Waals surface area contributed by atoms with Crippen LogP contribution in [0, 0.1) is 0 Å². The number of hydrogen-bond donors (Lipinski definition) is 2. The lowest BCUT2D eigenvalue weighted by Crippen LogP contribution is -2.21. The number of hydrogen-bond acceptors (Lipinski definition) is 4. The quantitative estimate of drug-likeness (QED) is 0.824. The Labute approximate surface area is 98.9 Å². The Morgan fingerprint density at radius 3 is 2.65 bits per heavy atom. The minimum Gasteiger partial charge on any atom is -0.326 e. The molecule has 0 atom stereocenters. The third-order valence-corrected chi connectivity index (χ3v) is 2.57. The summed E-state index contributed by atoms with van der Waals surface area (Å²) in [6.45, 7) is 0.508. The summed E-state index contributed by atoms with van der Waals surface area (Å²) < 4.78 is 0. The molecule has 0 amide bonds. The molecular formula is C12H14N4O. The summed E-state index contributed by atoms with van der Waals surface area (Å²) in [5, 5.41) is 0. The van der Waals surface area contributed by atoms with Crippen molar-refractivity contribution in [2.24, 2.45) is 5.73 Å². The highest BCUT2D eigenvalue weighted by Crippen LogP contribution is 2.18. The molecule has 0 radical (unpaired) electrons. The summed E-state index contributed by atoms with van der Waals surface area (Å²) in [7, 11) is 1.80. The largest absolute Gasteiger partial charge is 0.326 e. The second-order valence-corrected chi connectivity index (χ2v) is 3.67. The van der Waals surface area contributed by atoms with E-state index in [1.54, 1.807) is 18.1 Å². The van der Waals surface area contributed by atoms with Crippen LogP contribution >= 0.6 is 0 Å². The van der Waals surface area contributed by atoms with Gasteiger partial charge in [-0.3, -0.25) is 4.79 Å². The molecule has 5 heteroatoms. The van der Waals surface area contributed by atoms with Gasteiger partial charge in [-0.05, 0) is 17.7 Å². The molecule has 1 aromatic heterocycles. The number of aromatic amines is 1. The molecule has 0 saturated carbocycles. The highest BCUT2D eigenvalue weighted by molar-refractivity contribution is 5.58. The number of aromatic nitrogens is 2. The van der Waals surface area contributed by atoms with Crippen LogP contribution in [0.1, 0.15) is 5.56 Å². The molecule has 1 aromatic carbocycles. The number of nitrogens with zero attached hydrogens (tertiary/aromatic N) is 2. The Morgan fingerprint density at radius 1 is 1.35 bits per heavy atom. The van der Waals surface area contributed by atoms with Gasteiger partial charge in [0.2, 0.25) is 0 Å². The van der Waals surface area contributed by atoms with Crippen molar-refractivity contribution in [3.8, 4) is 0 Å². The van der Waals surface area contributed by atoms with E-state index in [4.69, 9.17) is 5.73 Å². The first-order valence-electron chi connectivity index (χ1n) is 5.29. The molecule has 0 saturated heterocycles. The minimum absolute atomic E-state index is 0.210. The first-order chi connectivity index (χ1) is 8.22. The molecule has 2 aromatic rings. The van der Waals surface area contributed by atoms with Crippen LogP contribution in [0.25, 0.3) is 0 Å². The van der Waals surface area contributed by atoms with Crippen LogP contribution in [0.2, 0.25) is 0 Å². The summed E-state index contributed by atoms with van der Waals surface area (Å²) >= 11 is 0. The normalized spacial score (nSPS) is 10.2. The van der Waals surface area contributed by atoms with Crippen LogP contribution in [0.15, 0.2) is 41.5 Å². The van der Waals surface area contributed by atoms with Gasteiger partial charge in [0.05, 0.1) is 0 Å². The average Bonchev–Trinajstić information content (AvgIpc) is 2.39. The number of H-pyrrole nitrogens is 1. The molecule has 5 nitrogen and oxygen atoms in total. The van der Waals surface area contributed by atoms with E-state index in [2.05, 4.69) is 9.97 Å². The summed E-state index contributed by atoms with van der Waals surface area (Å²) in [6, 6.07) is 7.69. The van der Waals surface area contributed by atoms with Crippen LogP contribution in [0.3, 0.4) is 0 Å². The Balaban J connectivity index is 2.34. The molecule has 3 N–H and O–H groups in total. The fourth-order valence-corrected chi connectivity index (χ4v) is 1.56. The first-order valence-corrected chi connectivity index (χ1v) is 5.29. The maximum atomic E-state index is 11.6. The molecule has 1 heterocycles. The molecule has 0 bridgehead atoms. The SMILES string of the molecule is CN(c1ccc(CN)cc1)c1ncc[nH]c1=O. The Kier molecular flexibility index (Phi) is 3.20. The fourth-order valence-electron chi connectivity index (χ4n) is 1.56. The van der Waals surface area contributed by atoms with Crippen molar-refractivity contribution in [2.45, 2.75) is 6.54 Å². The van der Waals surface area contributed by atoms with Gasteiger partial charge in [0.25, 0.3) is 5.56 Å². The third-order valence-electron chi connectivity index (χ3n) is 2.57. The lowest BCUT2D eigenvalue weighted by atomic mass is 10.2. The van der Waals surface area contributed by atoms with Crippen molar-refractivity contribution in [3.05, 3.63) is 52.6 Å². The molecular weight excluding hydrogens is 216 g/mol. The van der Waals surface area contributed by atoms with Crippen LogP contribution in [0.5, 0.6) is 0 Å². The van der Waals surface area contributed by atoms with Crippen molar-refractivity contribution in [1.82, 2.24) is 9.97 Å². The van der Waals surface area contributed by atoms with E-state index in [0.29, 0.717) is 12.4 Å². The van der Waals surface area contributed by atoms with Gasteiger partial charge in [-0.1, -0.05) is 12.1 Å². The molecule has 17 heavy (non-hydrogen) atoms. The van der Waals surface area contributed by atoms with E-state index in [9.17, 15) is 4.79 Å². The average molecular weight is 230 g/mol. The molecule has 0 unspecified atom stereocenters. The minimum atomic E-state index is -0.210. The second-order valence-electron chi connectivity index (χ2n) is 3.67. The predicted molar refractivity (Wildman–Crippen MR) is 67.3 cm³/mol. The van der Waals surface area contributed by atoms with Crippen molar-refractivity contribution in [3.63, 3.8) is 0 Å². The highest BCUT2D eigenvalue weighted by Gasteiger charge is 2.08. The van der Waals surface area contributed by atoms with Gasteiger partial charge in [-0.2, -0.15) is 0 Å². The summed E-state index contributed by atoms with van der Waals surface area (Å²) in [5.41, 5.74) is 7.27. The van der Waals surface area contributed by atoms with Gasteiger partial charge >= 0.3 is 0 Å². The fraction of sp³-hybridized carbons (Fsp3) is 0.167. The van der Waals surface area contributed by atoms with Crippen molar-refractivity contribution >= 4 is 11.5 Å². The zero-order valence-corrected chi connectivity index (χ0v) is 9.55. The van der Waals surface area contributed by atoms with E-state index in [0.717, 1.165) is 11.3 Å². The maximum absolute atomic E-state index is 11.6. The molecule has 88 valence electrons. The van der Waals surface area contributed by atoms with E-state index >= 15 is 0 Å². The molecule has 0 fully saturated rings. The second kappa shape index (κ2) is 4.80. The number of anilines is 2. The van der Waals surface area contributed by atoms with E-state index in [-0.39, 0.29) is 5.56 Å². The molecule has 0 aliphatic carbocycles.